The van der Waals surface area contributed by atoms with Gasteiger partial charge in [0.15, 0.2) is 5.03 Å². The Hall–Kier alpha value is -1.28. The van der Waals surface area contributed by atoms with Crippen molar-refractivity contribution in [3.63, 3.8) is 0 Å². The highest BCUT2D eigenvalue weighted by molar-refractivity contribution is 7.89. The number of aliphatic hydroxyl groups is 1. The first-order valence-electron chi connectivity index (χ1n) is 5.57. The van der Waals surface area contributed by atoms with Crippen molar-refractivity contribution in [1.29, 1.82) is 0 Å². The van der Waals surface area contributed by atoms with E-state index in [0.717, 1.165) is 5.56 Å². The number of thiophene rings is 1. The van der Waals surface area contributed by atoms with Crippen LogP contribution in [0, 0.1) is 0 Å². The van der Waals surface area contributed by atoms with E-state index in [1.807, 2.05) is 16.8 Å². The van der Waals surface area contributed by atoms with Crippen LogP contribution in [0.5, 0.6) is 0 Å². The van der Waals surface area contributed by atoms with E-state index in [1.54, 1.807) is 6.07 Å². The van der Waals surface area contributed by atoms with Gasteiger partial charge in [0.05, 0.1) is 6.61 Å². The summed E-state index contributed by atoms with van der Waals surface area (Å²) in [6, 6.07) is 4.85. The van der Waals surface area contributed by atoms with Crippen molar-refractivity contribution >= 4 is 21.4 Å². The summed E-state index contributed by atoms with van der Waals surface area (Å²) in [5.74, 6) is 0. The zero-order chi connectivity index (χ0) is 13.9. The Morgan fingerprint density at radius 3 is 2.63 bits per heavy atom. The molecule has 2 rings (SSSR count). The second-order valence-corrected chi connectivity index (χ2v) is 6.83. The van der Waals surface area contributed by atoms with Crippen LogP contribution in [0.1, 0.15) is 11.1 Å². The van der Waals surface area contributed by atoms with E-state index < -0.39 is 10.0 Å². The molecule has 0 aromatic carbocycles. The van der Waals surface area contributed by atoms with Crippen LogP contribution in [-0.2, 0) is 23.2 Å². The monoisotopic (exact) mass is 298 g/mol. The van der Waals surface area contributed by atoms with E-state index in [9.17, 15) is 8.42 Å². The first-order chi connectivity index (χ1) is 9.04. The van der Waals surface area contributed by atoms with E-state index >= 15 is 0 Å². The minimum atomic E-state index is -3.59. The van der Waals surface area contributed by atoms with E-state index in [-0.39, 0.29) is 11.6 Å². The van der Waals surface area contributed by atoms with Gasteiger partial charge in [-0.2, -0.15) is 15.6 Å². The quantitative estimate of drug-likeness (QED) is 0.907. The fraction of sp³-hybridized carbons (Fsp3) is 0.250. The van der Waals surface area contributed by atoms with E-state index in [0.29, 0.717) is 12.1 Å². The molecule has 0 fully saturated rings. The molecule has 0 aliphatic heterocycles. The number of aromatic nitrogens is 1. The summed E-state index contributed by atoms with van der Waals surface area (Å²) < 4.78 is 25.8. The van der Waals surface area contributed by atoms with Gasteiger partial charge in [-0.3, -0.25) is 0 Å². The average Bonchev–Trinajstić information content (AvgIpc) is 2.91. The van der Waals surface area contributed by atoms with Gasteiger partial charge in [0.25, 0.3) is 10.0 Å². The average molecular weight is 298 g/mol. The van der Waals surface area contributed by atoms with Crippen LogP contribution in [0.15, 0.2) is 40.2 Å². The van der Waals surface area contributed by atoms with Gasteiger partial charge in [0.1, 0.15) is 0 Å². The molecule has 19 heavy (non-hydrogen) atoms. The molecule has 0 aliphatic rings. The normalized spacial score (nSPS) is 11.9. The third-order valence-electron chi connectivity index (χ3n) is 2.64. The predicted molar refractivity (Wildman–Crippen MR) is 73.1 cm³/mol. The molecule has 0 saturated carbocycles. The topological polar surface area (TPSA) is 70.5 Å². The Kier molecular flexibility index (Phi) is 4.31. The molecule has 5 nitrogen and oxygen atoms in total. The summed E-state index contributed by atoms with van der Waals surface area (Å²) in [5.41, 5.74) is 1.53. The Balaban J connectivity index is 2.20. The van der Waals surface area contributed by atoms with Crippen LogP contribution < -0.4 is 0 Å². The maximum Gasteiger partial charge on any atom is 0.260 e. The standard InChI is InChI=1S/C12H14N2O3S2/c1-14(7-11-4-5-18-9-11)19(16,17)12-3-2-10(8-15)6-13-12/h2-6,9,15H,7-8H2,1H3. The molecule has 0 aliphatic carbocycles. The molecule has 7 heteroatoms. The zero-order valence-electron chi connectivity index (χ0n) is 10.4. The molecule has 0 saturated heterocycles. The Labute approximate surface area is 116 Å². The Morgan fingerprint density at radius 2 is 2.11 bits per heavy atom. The number of aliphatic hydroxyl groups excluding tert-OH is 1. The van der Waals surface area contributed by atoms with Crippen LogP contribution in [0.3, 0.4) is 0 Å². The van der Waals surface area contributed by atoms with Gasteiger partial charge >= 0.3 is 0 Å². The Bertz CT molecular complexity index is 622. The fourth-order valence-corrected chi connectivity index (χ4v) is 3.27. The molecule has 0 radical (unpaired) electrons. The third-order valence-corrected chi connectivity index (χ3v) is 5.09. The highest BCUT2D eigenvalue weighted by Crippen LogP contribution is 2.16. The van der Waals surface area contributed by atoms with Gasteiger partial charge in [-0.1, -0.05) is 6.07 Å². The Morgan fingerprint density at radius 1 is 1.32 bits per heavy atom. The molecular formula is C12H14N2O3S2. The van der Waals surface area contributed by atoms with Crippen molar-refractivity contribution in [2.75, 3.05) is 7.05 Å². The SMILES string of the molecule is CN(Cc1ccsc1)S(=O)(=O)c1ccc(CO)cn1. The van der Waals surface area contributed by atoms with Gasteiger partial charge in [0, 0.05) is 19.8 Å². The second-order valence-electron chi connectivity index (χ2n) is 4.06. The predicted octanol–water partition coefficient (Wildman–Crippen LogP) is 1.46. The van der Waals surface area contributed by atoms with E-state index in [2.05, 4.69) is 4.98 Å². The fourth-order valence-electron chi connectivity index (χ4n) is 1.54. The van der Waals surface area contributed by atoms with Crippen LogP contribution in [0.25, 0.3) is 0 Å². The van der Waals surface area contributed by atoms with Crippen LogP contribution in [-0.4, -0.2) is 29.9 Å². The van der Waals surface area contributed by atoms with Crippen molar-refractivity contribution in [3.05, 3.63) is 46.3 Å². The smallest absolute Gasteiger partial charge is 0.260 e. The van der Waals surface area contributed by atoms with Gasteiger partial charge in [-0.15, -0.1) is 0 Å². The molecule has 102 valence electrons. The van der Waals surface area contributed by atoms with Gasteiger partial charge in [0.2, 0.25) is 0 Å². The molecule has 1 N–H and O–H groups in total. The van der Waals surface area contributed by atoms with Crippen molar-refractivity contribution in [2.45, 2.75) is 18.2 Å². The summed E-state index contributed by atoms with van der Waals surface area (Å²) in [6.45, 7) is 0.160. The van der Waals surface area contributed by atoms with Gasteiger partial charge in [-0.25, -0.2) is 13.4 Å². The molecular weight excluding hydrogens is 284 g/mol. The minimum absolute atomic E-state index is 0.0116. The van der Waals surface area contributed by atoms with Crippen molar-refractivity contribution < 1.29 is 13.5 Å². The number of hydrogen-bond acceptors (Lipinski definition) is 5. The first-order valence-corrected chi connectivity index (χ1v) is 7.95. The molecule has 2 heterocycles. The molecule has 0 spiro atoms. The number of sulfonamides is 1. The number of hydrogen-bond donors (Lipinski definition) is 1. The molecule has 2 aromatic heterocycles. The highest BCUT2D eigenvalue weighted by Gasteiger charge is 2.22. The van der Waals surface area contributed by atoms with Crippen molar-refractivity contribution in [2.24, 2.45) is 0 Å². The van der Waals surface area contributed by atoms with Gasteiger partial charge < -0.3 is 5.11 Å². The largest absolute Gasteiger partial charge is 0.392 e. The second kappa shape index (κ2) is 5.79. The lowest BCUT2D eigenvalue weighted by molar-refractivity contribution is 0.281. The maximum atomic E-state index is 12.3. The molecule has 0 amide bonds. The van der Waals surface area contributed by atoms with Gasteiger partial charge in [-0.05, 0) is 34.0 Å². The van der Waals surface area contributed by atoms with Crippen LogP contribution in [0.2, 0.25) is 0 Å². The first kappa shape index (κ1) is 14.1. The number of nitrogens with zero attached hydrogens (tertiary/aromatic N) is 2. The lowest BCUT2D eigenvalue weighted by Crippen LogP contribution is -2.27. The summed E-state index contributed by atoms with van der Waals surface area (Å²) in [5, 5.41) is 12.7. The van der Waals surface area contributed by atoms with Crippen molar-refractivity contribution in [3.8, 4) is 0 Å². The third kappa shape index (κ3) is 3.19. The molecule has 2 aromatic rings. The highest BCUT2D eigenvalue weighted by atomic mass is 32.2. The zero-order valence-corrected chi connectivity index (χ0v) is 12.0. The van der Waals surface area contributed by atoms with E-state index in [1.165, 1.54) is 35.0 Å². The summed E-state index contributed by atoms with van der Waals surface area (Å²) in [4.78, 5) is 3.88. The lowest BCUT2D eigenvalue weighted by Gasteiger charge is -2.15. The van der Waals surface area contributed by atoms with Crippen LogP contribution in [0.4, 0.5) is 0 Å². The molecule has 0 atom stereocenters. The molecule has 0 unspecified atom stereocenters. The number of rotatable bonds is 5. The maximum absolute atomic E-state index is 12.3. The lowest BCUT2D eigenvalue weighted by atomic mass is 10.3. The summed E-state index contributed by atoms with van der Waals surface area (Å²) in [7, 11) is -2.07. The number of pyridine rings is 1. The molecule has 0 bridgehead atoms. The minimum Gasteiger partial charge on any atom is -0.392 e. The van der Waals surface area contributed by atoms with Crippen molar-refractivity contribution in [1.82, 2.24) is 9.29 Å². The summed E-state index contributed by atoms with van der Waals surface area (Å²) >= 11 is 1.53. The van der Waals surface area contributed by atoms with E-state index in [4.69, 9.17) is 5.11 Å². The summed E-state index contributed by atoms with van der Waals surface area (Å²) in [6.07, 6.45) is 1.37. The van der Waals surface area contributed by atoms with Crippen LogP contribution >= 0.6 is 11.3 Å².